The Labute approximate surface area is 76.3 Å². The molecule has 0 N–H and O–H groups in total. The van der Waals surface area contributed by atoms with E-state index in [0.717, 1.165) is 12.8 Å². The van der Waals surface area contributed by atoms with Gasteiger partial charge < -0.3 is 0 Å². The largest absolute Gasteiger partial charge is 0.0842 e. The quantitative estimate of drug-likeness (QED) is 0.634. The number of allylic oxidation sites excluding steroid dienone is 1. The summed E-state index contributed by atoms with van der Waals surface area (Å²) in [5.41, 5.74) is 2.50. The Hall–Kier alpha value is -1.04. The molecular weight excluding hydrogens is 144 g/mol. The van der Waals surface area contributed by atoms with Gasteiger partial charge in [0.1, 0.15) is 0 Å². The monoisotopic (exact) mass is 161 g/mol. The van der Waals surface area contributed by atoms with Crippen molar-refractivity contribution in [3.63, 3.8) is 0 Å². The Bertz CT molecular complexity index is 259. The molecule has 0 nitrogen and oxygen atoms in total. The smallest absolute Gasteiger partial charge is 0.0234 e. The first-order valence-corrected chi connectivity index (χ1v) is 4.41. The number of aryl methyl sites for hydroxylation is 1. The van der Waals surface area contributed by atoms with Crippen LogP contribution in [0.2, 0.25) is 0 Å². The minimum atomic E-state index is 0.476. The van der Waals surface area contributed by atoms with Gasteiger partial charge in [0, 0.05) is 1.37 Å². The van der Waals surface area contributed by atoms with E-state index in [0.29, 0.717) is 6.90 Å². The number of rotatable bonds is 3. The van der Waals surface area contributed by atoms with E-state index in [1.165, 1.54) is 11.1 Å². The van der Waals surface area contributed by atoms with Gasteiger partial charge in [-0.3, -0.25) is 0 Å². The van der Waals surface area contributed by atoms with Crippen molar-refractivity contribution < 1.29 is 1.37 Å². The summed E-state index contributed by atoms with van der Waals surface area (Å²) in [5, 5.41) is 0. The third-order valence-corrected chi connectivity index (χ3v) is 1.81. The van der Waals surface area contributed by atoms with E-state index >= 15 is 0 Å². The van der Waals surface area contributed by atoms with Gasteiger partial charge in [0.15, 0.2) is 0 Å². The van der Waals surface area contributed by atoms with Crippen molar-refractivity contribution in [3.8, 4) is 0 Å². The average Bonchev–Trinajstić information content (AvgIpc) is 2.17. The lowest BCUT2D eigenvalue weighted by atomic mass is 10.1. The number of benzene rings is 1. The standard InChI is InChI=1S/C12H16/c1-3-5-6-12-9-7-11(4-2)8-10-12/h5-10H,3-4H2,1-2H3/i2D. The van der Waals surface area contributed by atoms with E-state index < -0.39 is 0 Å². The van der Waals surface area contributed by atoms with Crippen LogP contribution in [-0.4, -0.2) is 0 Å². The molecule has 0 aliphatic rings. The Balaban J connectivity index is 2.64. The van der Waals surface area contributed by atoms with E-state index in [-0.39, 0.29) is 0 Å². The zero-order chi connectivity index (χ0) is 9.52. The Morgan fingerprint density at radius 3 is 2.67 bits per heavy atom. The van der Waals surface area contributed by atoms with Crippen molar-refractivity contribution in [2.24, 2.45) is 0 Å². The summed E-state index contributed by atoms with van der Waals surface area (Å²) in [6, 6.07) is 8.42. The first-order chi connectivity index (χ1) is 6.36. The van der Waals surface area contributed by atoms with Crippen molar-refractivity contribution in [1.29, 1.82) is 0 Å². The van der Waals surface area contributed by atoms with Crippen LogP contribution in [0.1, 0.15) is 32.7 Å². The van der Waals surface area contributed by atoms with Crippen LogP contribution in [0, 0.1) is 0 Å². The lowest BCUT2D eigenvalue weighted by Crippen LogP contribution is -1.78. The molecule has 1 aromatic rings. The normalized spacial score (nSPS) is 11.9. The van der Waals surface area contributed by atoms with E-state index in [1.54, 1.807) is 0 Å². The fourth-order valence-corrected chi connectivity index (χ4v) is 1.05. The third kappa shape index (κ3) is 2.54. The predicted molar refractivity (Wildman–Crippen MR) is 55.1 cm³/mol. The van der Waals surface area contributed by atoms with Gasteiger partial charge in [-0.25, -0.2) is 0 Å². The van der Waals surface area contributed by atoms with Gasteiger partial charge in [0.25, 0.3) is 0 Å². The van der Waals surface area contributed by atoms with Crippen LogP contribution in [0.5, 0.6) is 0 Å². The first kappa shape index (κ1) is 7.60. The van der Waals surface area contributed by atoms with Crippen LogP contribution < -0.4 is 0 Å². The molecule has 0 spiro atoms. The van der Waals surface area contributed by atoms with Crippen molar-refractivity contribution in [2.45, 2.75) is 26.7 Å². The van der Waals surface area contributed by atoms with Gasteiger partial charge in [-0.15, -0.1) is 0 Å². The number of hydrogen-bond acceptors (Lipinski definition) is 0. The van der Waals surface area contributed by atoms with Gasteiger partial charge in [-0.05, 0) is 24.0 Å². The summed E-state index contributed by atoms with van der Waals surface area (Å²) in [4.78, 5) is 0. The summed E-state index contributed by atoms with van der Waals surface area (Å²) in [6.07, 6.45) is 6.22. The summed E-state index contributed by atoms with van der Waals surface area (Å²) in [7, 11) is 0. The minimum Gasteiger partial charge on any atom is -0.0842 e. The van der Waals surface area contributed by atoms with Gasteiger partial charge in [-0.2, -0.15) is 0 Å². The zero-order valence-corrected chi connectivity index (χ0v) is 7.59. The van der Waals surface area contributed by atoms with Crippen LogP contribution >= 0.6 is 0 Å². The highest BCUT2D eigenvalue weighted by Crippen LogP contribution is 2.06. The van der Waals surface area contributed by atoms with E-state index in [9.17, 15) is 0 Å². The van der Waals surface area contributed by atoms with E-state index in [4.69, 9.17) is 1.37 Å². The molecule has 0 saturated heterocycles. The Kier molecular flexibility index (Phi) is 3.02. The van der Waals surface area contributed by atoms with Gasteiger partial charge >= 0.3 is 0 Å². The molecule has 0 fully saturated rings. The van der Waals surface area contributed by atoms with Crippen molar-refractivity contribution in [1.82, 2.24) is 0 Å². The lowest BCUT2D eigenvalue weighted by molar-refractivity contribution is 1.14. The van der Waals surface area contributed by atoms with Crippen molar-refractivity contribution in [3.05, 3.63) is 41.5 Å². The maximum Gasteiger partial charge on any atom is 0.0234 e. The summed E-state index contributed by atoms with van der Waals surface area (Å²) >= 11 is 0. The van der Waals surface area contributed by atoms with Crippen molar-refractivity contribution in [2.75, 3.05) is 0 Å². The zero-order valence-electron chi connectivity index (χ0n) is 8.59. The predicted octanol–water partition coefficient (Wildman–Crippen LogP) is 3.67. The summed E-state index contributed by atoms with van der Waals surface area (Å²) in [5.74, 6) is 0. The highest BCUT2D eigenvalue weighted by Gasteiger charge is 1.87. The minimum absolute atomic E-state index is 0.476. The molecule has 0 amide bonds. The molecule has 0 heterocycles. The Morgan fingerprint density at radius 2 is 2.08 bits per heavy atom. The van der Waals surface area contributed by atoms with Crippen LogP contribution in [-0.2, 0) is 6.42 Å². The summed E-state index contributed by atoms with van der Waals surface area (Å²) in [6.45, 7) is 2.61. The fraction of sp³-hybridized carbons (Fsp3) is 0.333. The van der Waals surface area contributed by atoms with Gasteiger partial charge in [0.2, 0.25) is 0 Å². The molecule has 0 heteroatoms. The molecule has 0 radical (unpaired) electrons. The molecule has 0 aliphatic carbocycles. The van der Waals surface area contributed by atoms with Crippen LogP contribution in [0.3, 0.4) is 0 Å². The molecule has 1 rings (SSSR count). The highest BCUT2D eigenvalue weighted by molar-refractivity contribution is 5.49. The SMILES string of the molecule is [2H]CCc1ccc(C=CCC)cc1. The molecule has 0 atom stereocenters. The highest BCUT2D eigenvalue weighted by atomic mass is 13.9. The third-order valence-electron chi connectivity index (χ3n) is 1.81. The average molecular weight is 161 g/mol. The first-order valence-electron chi connectivity index (χ1n) is 5.12. The number of hydrogen-bond donors (Lipinski definition) is 0. The molecule has 0 aliphatic heterocycles. The van der Waals surface area contributed by atoms with Crippen molar-refractivity contribution >= 4 is 6.08 Å². The van der Waals surface area contributed by atoms with Crippen LogP contribution in [0.25, 0.3) is 6.08 Å². The molecule has 0 saturated carbocycles. The second-order valence-corrected chi connectivity index (χ2v) is 2.80. The fourth-order valence-electron chi connectivity index (χ4n) is 1.05. The van der Waals surface area contributed by atoms with Gasteiger partial charge in [0.05, 0.1) is 0 Å². The van der Waals surface area contributed by atoms with E-state index in [1.807, 2.05) is 0 Å². The molecule has 64 valence electrons. The molecule has 12 heavy (non-hydrogen) atoms. The molecule has 0 bridgehead atoms. The van der Waals surface area contributed by atoms with Crippen LogP contribution in [0.4, 0.5) is 0 Å². The van der Waals surface area contributed by atoms with Crippen LogP contribution in [0.15, 0.2) is 30.3 Å². The topological polar surface area (TPSA) is 0 Å². The van der Waals surface area contributed by atoms with E-state index in [2.05, 4.69) is 43.3 Å². The second-order valence-electron chi connectivity index (χ2n) is 2.80. The maximum absolute atomic E-state index is 7.09. The second kappa shape index (κ2) is 4.76. The molecule has 0 unspecified atom stereocenters. The molecular formula is C12H16. The van der Waals surface area contributed by atoms with Gasteiger partial charge in [-0.1, -0.05) is 50.2 Å². The summed E-state index contributed by atoms with van der Waals surface area (Å²) < 4.78 is 7.09. The maximum atomic E-state index is 7.09. The Morgan fingerprint density at radius 1 is 1.33 bits per heavy atom. The lowest BCUT2D eigenvalue weighted by Gasteiger charge is -1.96. The molecule has 1 aromatic carbocycles. The molecule has 0 aromatic heterocycles.